The molecule has 1 atom stereocenters. The summed E-state index contributed by atoms with van der Waals surface area (Å²) in [6.07, 6.45) is 3.00. The summed E-state index contributed by atoms with van der Waals surface area (Å²) < 4.78 is 1.93. The molecule has 1 heterocycles. The summed E-state index contributed by atoms with van der Waals surface area (Å²) in [6, 6.07) is 5.58. The lowest BCUT2D eigenvalue weighted by molar-refractivity contribution is 0.457. The molecule has 2 N–H and O–H groups in total. The second-order valence-corrected chi connectivity index (χ2v) is 6.48. The van der Waals surface area contributed by atoms with Crippen molar-refractivity contribution in [1.82, 2.24) is 14.8 Å². The Hall–Kier alpha value is -1.10. The zero-order valence-electron chi connectivity index (χ0n) is 12.3. The highest BCUT2D eigenvalue weighted by Crippen LogP contribution is 2.23. The van der Waals surface area contributed by atoms with Gasteiger partial charge in [-0.25, -0.2) is 9.67 Å². The van der Waals surface area contributed by atoms with E-state index >= 15 is 0 Å². The first-order valence-electron chi connectivity index (χ1n) is 7.02. The van der Waals surface area contributed by atoms with Gasteiger partial charge in [-0.05, 0) is 30.0 Å². The van der Waals surface area contributed by atoms with Crippen molar-refractivity contribution in [1.29, 1.82) is 0 Å². The Bertz CT molecular complexity index is 595. The molecule has 6 heteroatoms. The van der Waals surface area contributed by atoms with Crippen LogP contribution in [-0.2, 0) is 19.4 Å². The number of aromatic nitrogens is 3. The molecular weight excluding hydrogens is 307 g/mol. The number of rotatable bonds is 6. The summed E-state index contributed by atoms with van der Waals surface area (Å²) in [5.74, 6) is 1.45. The second-order valence-electron chi connectivity index (χ2n) is 5.67. The van der Waals surface area contributed by atoms with Crippen molar-refractivity contribution in [3.8, 4) is 0 Å². The number of halogens is 2. The first-order valence-corrected chi connectivity index (χ1v) is 7.77. The molecule has 0 amide bonds. The maximum absolute atomic E-state index is 6.23. The zero-order chi connectivity index (χ0) is 15.4. The first-order chi connectivity index (χ1) is 9.95. The van der Waals surface area contributed by atoms with Crippen LogP contribution in [-0.4, -0.2) is 20.8 Å². The predicted molar refractivity (Wildman–Crippen MR) is 86.7 cm³/mol. The van der Waals surface area contributed by atoms with Crippen molar-refractivity contribution in [2.45, 2.75) is 39.3 Å². The Morgan fingerprint density at radius 3 is 2.62 bits per heavy atom. The maximum atomic E-state index is 6.23. The van der Waals surface area contributed by atoms with Crippen LogP contribution in [0, 0.1) is 5.92 Å². The molecule has 0 aliphatic rings. The van der Waals surface area contributed by atoms with E-state index in [0.29, 0.717) is 22.4 Å². The summed E-state index contributed by atoms with van der Waals surface area (Å²) >= 11 is 11.9. The lowest BCUT2D eigenvalue weighted by Crippen LogP contribution is -2.27. The summed E-state index contributed by atoms with van der Waals surface area (Å²) in [6.45, 7) is 5.16. The molecule has 2 rings (SSSR count). The Labute approximate surface area is 135 Å². The standard InChI is InChI=1S/C15H20Cl2N4/c1-10(2)8-21-15(19-9-20-21)7-12(18)5-11-3-4-13(16)14(17)6-11/h3-4,6,9-10,12H,5,7-8,18H2,1-2H3. The fourth-order valence-electron chi connectivity index (χ4n) is 2.22. The topological polar surface area (TPSA) is 56.7 Å². The van der Waals surface area contributed by atoms with Crippen LogP contribution >= 0.6 is 23.2 Å². The fraction of sp³-hybridized carbons (Fsp3) is 0.467. The third kappa shape index (κ3) is 4.70. The quantitative estimate of drug-likeness (QED) is 0.885. The summed E-state index contributed by atoms with van der Waals surface area (Å²) in [7, 11) is 0. The highest BCUT2D eigenvalue weighted by molar-refractivity contribution is 6.42. The largest absolute Gasteiger partial charge is 0.327 e. The van der Waals surface area contributed by atoms with Crippen molar-refractivity contribution in [2.75, 3.05) is 0 Å². The monoisotopic (exact) mass is 326 g/mol. The van der Waals surface area contributed by atoms with Crippen LogP contribution < -0.4 is 5.73 Å². The summed E-state index contributed by atoms with van der Waals surface area (Å²) in [5, 5.41) is 5.37. The third-order valence-corrected chi connectivity index (χ3v) is 3.90. The van der Waals surface area contributed by atoms with Gasteiger partial charge in [0.15, 0.2) is 0 Å². The molecule has 1 aromatic heterocycles. The zero-order valence-corrected chi connectivity index (χ0v) is 13.8. The predicted octanol–water partition coefficient (Wildman–Crippen LogP) is 3.35. The fourth-order valence-corrected chi connectivity index (χ4v) is 2.54. The molecule has 0 fully saturated rings. The van der Waals surface area contributed by atoms with E-state index < -0.39 is 0 Å². The Balaban J connectivity index is 1.99. The minimum atomic E-state index is -0.0302. The molecule has 21 heavy (non-hydrogen) atoms. The molecule has 2 aromatic rings. The van der Waals surface area contributed by atoms with E-state index in [2.05, 4.69) is 23.9 Å². The molecule has 1 unspecified atom stereocenters. The highest BCUT2D eigenvalue weighted by atomic mass is 35.5. The van der Waals surface area contributed by atoms with Gasteiger partial charge < -0.3 is 5.73 Å². The maximum Gasteiger partial charge on any atom is 0.138 e. The van der Waals surface area contributed by atoms with Crippen molar-refractivity contribution >= 4 is 23.2 Å². The van der Waals surface area contributed by atoms with Gasteiger partial charge in [0.2, 0.25) is 0 Å². The van der Waals surface area contributed by atoms with E-state index in [-0.39, 0.29) is 6.04 Å². The van der Waals surface area contributed by atoms with Crippen LogP contribution in [0.25, 0.3) is 0 Å². The number of benzene rings is 1. The molecule has 114 valence electrons. The van der Waals surface area contributed by atoms with E-state index in [9.17, 15) is 0 Å². The van der Waals surface area contributed by atoms with Crippen LogP contribution in [0.3, 0.4) is 0 Å². The van der Waals surface area contributed by atoms with Gasteiger partial charge in [-0.1, -0.05) is 43.1 Å². The van der Waals surface area contributed by atoms with Gasteiger partial charge in [0.25, 0.3) is 0 Å². The van der Waals surface area contributed by atoms with Gasteiger partial charge in [0.1, 0.15) is 12.2 Å². The molecule has 0 saturated heterocycles. The van der Waals surface area contributed by atoms with Gasteiger partial charge in [-0.15, -0.1) is 0 Å². The molecule has 0 aliphatic heterocycles. The van der Waals surface area contributed by atoms with Crippen molar-refractivity contribution in [2.24, 2.45) is 11.7 Å². The number of hydrogen-bond acceptors (Lipinski definition) is 3. The molecule has 0 saturated carbocycles. The van der Waals surface area contributed by atoms with E-state index in [1.807, 2.05) is 16.8 Å². The lowest BCUT2D eigenvalue weighted by Gasteiger charge is -2.13. The lowest BCUT2D eigenvalue weighted by atomic mass is 10.0. The van der Waals surface area contributed by atoms with Gasteiger partial charge in [-0.3, -0.25) is 0 Å². The van der Waals surface area contributed by atoms with E-state index in [1.54, 1.807) is 12.4 Å². The Morgan fingerprint density at radius 2 is 1.95 bits per heavy atom. The number of nitrogens with two attached hydrogens (primary N) is 1. The van der Waals surface area contributed by atoms with Crippen LogP contribution in [0.2, 0.25) is 10.0 Å². The molecule has 0 bridgehead atoms. The van der Waals surface area contributed by atoms with Gasteiger partial charge in [0.05, 0.1) is 10.0 Å². The third-order valence-electron chi connectivity index (χ3n) is 3.16. The molecular formula is C15H20Cl2N4. The summed E-state index contributed by atoms with van der Waals surface area (Å²) in [4.78, 5) is 4.31. The Kier molecular flexibility index (Phi) is 5.62. The molecule has 0 aliphatic carbocycles. The van der Waals surface area contributed by atoms with Gasteiger partial charge >= 0.3 is 0 Å². The average molecular weight is 327 g/mol. The van der Waals surface area contributed by atoms with Gasteiger partial charge in [-0.2, -0.15) is 5.10 Å². The number of nitrogens with zero attached hydrogens (tertiary/aromatic N) is 3. The Morgan fingerprint density at radius 1 is 1.19 bits per heavy atom. The smallest absolute Gasteiger partial charge is 0.138 e. The van der Waals surface area contributed by atoms with Crippen LogP contribution in [0.4, 0.5) is 0 Å². The van der Waals surface area contributed by atoms with Crippen LogP contribution in [0.1, 0.15) is 25.2 Å². The van der Waals surface area contributed by atoms with E-state index in [4.69, 9.17) is 28.9 Å². The van der Waals surface area contributed by atoms with Crippen molar-refractivity contribution < 1.29 is 0 Å². The molecule has 1 aromatic carbocycles. The summed E-state index contributed by atoms with van der Waals surface area (Å²) in [5.41, 5.74) is 7.30. The van der Waals surface area contributed by atoms with Crippen molar-refractivity contribution in [3.05, 3.63) is 46.0 Å². The van der Waals surface area contributed by atoms with Crippen molar-refractivity contribution in [3.63, 3.8) is 0 Å². The molecule has 0 radical (unpaired) electrons. The van der Waals surface area contributed by atoms with Crippen LogP contribution in [0.5, 0.6) is 0 Å². The normalized spacial score (nSPS) is 12.9. The minimum Gasteiger partial charge on any atom is -0.327 e. The second kappa shape index (κ2) is 7.25. The van der Waals surface area contributed by atoms with E-state index in [1.165, 1.54) is 0 Å². The van der Waals surface area contributed by atoms with Crippen LogP contribution in [0.15, 0.2) is 24.5 Å². The highest BCUT2D eigenvalue weighted by Gasteiger charge is 2.12. The van der Waals surface area contributed by atoms with E-state index in [0.717, 1.165) is 24.4 Å². The average Bonchev–Trinajstić information content (AvgIpc) is 2.80. The minimum absolute atomic E-state index is 0.0302. The SMILES string of the molecule is CC(C)Cn1ncnc1CC(N)Cc1ccc(Cl)c(Cl)c1. The first kappa shape index (κ1) is 16.3. The molecule has 0 spiro atoms. The molecule has 4 nitrogen and oxygen atoms in total. The number of hydrogen-bond donors (Lipinski definition) is 1. The van der Waals surface area contributed by atoms with Gasteiger partial charge in [0, 0.05) is 19.0 Å².